The van der Waals surface area contributed by atoms with E-state index < -0.39 is 61.5 Å². The second-order valence-electron chi connectivity index (χ2n) is 7.65. The number of ether oxygens (including phenoxy) is 3. The van der Waals surface area contributed by atoms with Gasteiger partial charge in [-0.15, -0.1) is 0 Å². The average Bonchev–Trinajstić information content (AvgIpc) is 3.37. The van der Waals surface area contributed by atoms with Crippen LogP contribution in [0.25, 0.3) is 0 Å². The van der Waals surface area contributed by atoms with Crippen LogP contribution in [0.2, 0.25) is 0 Å². The van der Waals surface area contributed by atoms with Crippen molar-refractivity contribution in [2.45, 2.75) is 43.5 Å². The molecule has 0 radical (unpaired) electrons. The Morgan fingerprint density at radius 1 is 1.29 bits per heavy atom. The van der Waals surface area contributed by atoms with E-state index in [-0.39, 0.29) is 25.2 Å². The first-order chi connectivity index (χ1) is 14.3. The summed E-state index contributed by atoms with van der Waals surface area (Å²) in [4.78, 5) is 61.6. The first-order valence-electron chi connectivity index (χ1n) is 9.40. The van der Waals surface area contributed by atoms with Gasteiger partial charge in [0.05, 0.1) is 19.3 Å². The molecule has 31 heavy (non-hydrogen) atoms. The second kappa shape index (κ2) is 9.26. The Morgan fingerprint density at radius 2 is 1.97 bits per heavy atom. The van der Waals surface area contributed by atoms with E-state index in [0.717, 1.165) is 4.57 Å². The zero-order valence-electron chi connectivity index (χ0n) is 17.0. The van der Waals surface area contributed by atoms with E-state index in [1.54, 1.807) is 0 Å². The van der Waals surface area contributed by atoms with Crippen molar-refractivity contribution in [2.75, 3.05) is 27.0 Å². The number of rotatable bonds is 9. The fraction of sp³-hybridized carbons (Fsp3) is 0.750. The van der Waals surface area contributed by atoms with E-state index in [1.165, 1.54) is 26.9 Å². The van der Waals surface area contributed by atoms with Crippen molar-refractivity contribution in [2.24, 2.45) is 5.92 Å². The molecule has 1 aromatic heterocycles. The van der Waals surface area contributed by atoms with Crippen molar-refractivity contribution in [1.82, 2.24) is 9.55 Å². The van der Waals surface area contributed by atoms with Crippen LogP contribution in [0.1, 0.15) is 18.2 Å². The number of aromatic amines is 1. The summed E-state index contributed by atoms with van der Waals surface area (Å²) < 4.78 is 34.9. The van der Waals surface area contributed by atoms with Gasteiger partial charge in [-0.3, -0.25) is 14.3 Å². The van der Waals surface area contributed by atoms with Crippen LogP contribution in [0.15, 0.2) is 15.8 Å². The predicted molar refractivity (Wildman–Crippen MR) is 106 cm³/mol. The van der Waals surface area contributed by atoms with Crippen LogP contribution in [-0.4, -0.2) is 60.5 Å². The molecule has 15 heteroatoms. The number of H-pyrrole nitrogens is 1. The van der Waals surface area contributed by atoms with Crippen LogP contribution in [0.5, 0.6) is 0 Å². The van der Waals surface area contributed by atoms with Crippen molar-refractivity contribution in [3.05, 3.63) is 32.6 Å². The minimum absolute atomic E-state index is 0.0390. The summed E-state index contributed by atoms with van der Waals surface area (Å²) in [5, 5.41) is 0. The van der Waals surface area contributed by atoms with Gasteiger partial charge in [0, 0.05) is 18.9 Å². The lowest BCUT2D eigenvalue weighted by atomic mass is 10.1. The van der Waals surface area contributed by atoms with E-state index in [4.69, 9.17) is 30.5 Å². The Balaban J connectivity index is 2.01. The number of aromatic nitrogens is 2. The van der Waals surface area contributed by atoms with Gasteiger partial charge in [-0.1, -0.05) is 19.4 Å². The molecule has 1 aliphatic heterocycles. The maximum atomic E-state index is 12.4. The molecule has 2 heterocycles. The molecule has 12 nitrogen and oxygen atoms in total. The summed E-state index contributed by atoms with van der Waals surface area (Å²) in [6.45, 7) is -0.611. The fourth-order valence-corrected chi connectivity index (χ4v) is 5.83. The maximum Gasteiger partial charge on any atom is 0.330 e. The standard InChI is InChI=1S/C16H26N2O10P2S/c1-8-7-18(16(20)17-14(8)19)15-13(26-5-4-25-2)12(28-29(3,21)31)11(27-15)9-6-10(9)30(22,23)24/h7,9-13,15H,4-6H2,1-3H3,(H,21,31)(H,17,19,20)(H2,22,23,24)/p-3. The van der Waals surface area contributed by atoms with Crippen LogP contribution in [-0.2, 0) is 35.1 Å². The van der Waals surface area contributed by atoms with Crippen LogP contribution in [0.3, 0.4) is 0 Å². The third-order valence-electron chi connectivity index (χ3n) is 5.19. The molecule has 1 aliphatic carbocycles. The second-order valence-corrected chi connectivity index (χ2v) is 13.1. The molecule has 3 rings (SSSR count). The van der Waals surface area contributed by atoms with E-state index in [9.17, 15) is 28.8 Å². The van der Waals surface area contributed by atoms with Gasteiger partial charge in [0.15, 0.2) is 6.23 Å². The van der Waals surface area contributed by atoms with E-state index in [2.05, 4.69) is 4.98 Å². The fourth-order valence-electron chi connectivity index (χ4n) is 3.71. The number of hydrogen-bond donors (Lipinski definition) is 1. The molecule has 0 spiro atoms. The van der Waals surface area contributed by atoms with Gasteiger partial charge < -0.3 is 38.0 Å². The highest BCUT2D eigenvalue weighted by Gasteiger charge is 2.57. The molecule has 1 N–H and O–H groups in total. The molecular weight excluding hydrogens is 474 g/mol. The lowest BCUT2D eigenvalue weighted by molar-refractivity contribution is -0.314. The van der Waals surface area contributed by atoms with E-state index in [1.807, 2.05) is 0 Å². The molecule has 1 saturated heterocycles. The summed E-state index contributed by atoms with van der Waals surface area (Å²) in [6.07, 6.45) is -3.02. The molecule has 0 bridgehead atoms. The maximum absolute atomic E-state index is 12.4. The molecule has 7 atom stereocenters. The third kappa shape index (κ3) is 5.80. The minimum atomic E-state index is -4.88. The Hall–Kier alpha value is -0.720. The van der Waals surface area contributed by atoms with Crippen molar-refractivity contribution in [1.29, 1.82) is 0 Å². The highest BCUT2D eigenvalue weighted by molar-refractivity contribution is 8.08. The Labute approximate surface area is 182 Å². The number of nitrogens with zero attached hydrogens (tertiary/aromatic N) is 1. The van der Waals surface area contributed by atoms with Crippen LogP contribution >= 0.6 is 14.1 Å². The highest BCUT2D eigenvalue weighted by atomic mass is 32.5. The van der Waals surface area contributed by atoms with Crippen molar-refractivity contribution in [3.8, 4) is 0 Å². The van der Waals surface area contributed by atoms with Gasteiger partial charge in [-0.2, -0.15) is 0 Å². The molecule has 7 unspecified atom stereocenters. The van der Waals surface area contributed by atoms with E-state index in [0.29, 0.717) is 0 Å². The summed E-state index contributed by atoms with van der Waals surface area (Å²) in [7, 11) is -3.43. The lowest BCUT2D eigenvalue weighted by Crippen LogP contribution is -2.41. The SMILES string of the molecule is COCCOC1C(OP(C)([O-])=S)C(C2CC2P(=O)([O-])[O-])OC1n1cc(C)c(=O)[nH]c1=O. The molecule has 0 aromatic carbocycles. The predicted octanol–water partition coefficient (Wildman–Crippen LogP) is -2.24. The zero-order valence-corrected chi connectivity index (χ0v) is 19.6. The van der Waals surface area contributed by atoms with Gasteiger partial charge in [0.1, 0.15) is 12.2 Å². The smallest absolute Gasteiger partial charge is 0.330 e. The molecule has 1 saturated carbocycles. The molecule has 176 valence electrons. The van der Waals surface area contributed by atoms with Gasteiger partial charge in [0.2, 0.25) is 0 Å². The molecule has 2 aliphatic rings. The molecule has 0 amide bonds. The topological polar surface area (TPSA) is 178 Å². The first-order valence-corrected chi connectivity index (χ1v) is 14.1. The number of aryl methyl sites for hydroxylation is 1. The normalized spacial score (nSPS) is 32.7. The monoisotopic (exact) mass is 497 g/mol. The Bertz CT molecular complexity index is 1020. The van der Waals surface area contributed by atoms with Gasteiger partial charge in [-0.05, 0) is 38.1 Å². The molecule has 1 aromatic rings. The van der Waals surface area contributed by atoms with Crippen molar-refractivity contribution in [3.63, 3.8) is 0 Å². The quantitative estimate of drug-likeness (QED) is 0.288. The van der Waals surface area contributed by atoms with Gasteiger partial charge >= 0.3 is 5.69 Å². The van der Waals surface area contributed by atoms with E-state index >= 15 is 0 Å². The third-order valence-corrected chi connectivity index (χ3v) is 7.48. The summed E-state index contributed by atoms with van der Waals surface area (Å²) >= 11 is 4.89. The van der Waals surface area contributed by atoms with Crippen molar-refractivity contribution >= 4 is 25.9 Å². The van der Waals surface area contributed by atoms with Gasteiger partial charge in [-0.25, -0.2) is 4.79 Å². The number of hydrogen-bond acceptors (Lipinski definition) is 11. The van der Waals surface area contributed by atoms with Crippen molar-refractivity contribution < 1.29 is 38.0 Å². The first kappa shape index (κ1) is 24.9. The zero-order chi connectivity index (χ0) is 23.1. The molecular formula is C16H23N2O10P2S-3. The minimum Gasteiger partial charge on any atom is -0.811 e. The largest absolute Gasteiger partial charge is 0.811 e. The van der Waals surface area contributed by atoms with Gasteiger partial charge in [0.25, 0.3) is 5.56 Å². The Kier molecular flexibility index (Phi) is 7.44. The summed E-state index contributed by atoms with van der Waals surface area (Å²) in [5.41, 5.74) is -2.32. The Morgan fingerprint density at radius 3 is 2.52 bits per heavy atom. The van der Waals surface area contributed by atoms with Crippen LogP contribution in [0.4, 0.5) is 0 Å². The summed E-state index contributed by atoms with van der Waals surface area (Å²) in [5.74, 6) is -0.731. The number of nitrogens with one attached hydrogen (secondary N) is 1. The number of methoxy groups -OCH3 is 1. The summed E-state index contributed by atoms with van der Waals surface area (Å²) in [6, 6.07) is 0. The van der Waals surface area contributed by atoms with Crippen LogP contribution in [0, 0.1) is 12.8 Å². The highest BCUT2D eigenvalue weighted by Crippen LogP contribution is 2.58. The average molecular weight is 497 g/mol. The van der Waals surface area contributed by atoms with Crippen LogP contribution < -0.4 is 25.9 Å². The lowest BCUT2D eigenvalue weighted by Gasteiger charge is -2.34. The molecule has 2 fully saturated rings.